The monoisotopic (exact) mass is 453 g/mol. The molecule has 2 N–H and O–H groups in total. The van der Waals surface area contributed by atoms with Crippen LogP contribution in [0.3, 0.4) is 0 Å². The highest BCUT2D eigenvalue weighted by molar-refractivity contribution is 7.99. The number of sulfonamides is 1. The van der Waals surface area contributed by atoms with Gasteiger partial charge in [0.05, 0.1) is 28.9 Å². The molecule has 0 fully saturated rings. The van der Waals surface area contributed by atoms with E-state index in [1.807, 2.05) is 24.3 Å². The quantitative estimate of drug-likeness (QED) is 0.516. The van der Waals surface area contributed by atoms with Gasteiger partial charge in [-0.25, -0.2) is 8.42 Å². The molecular weight excluding hydrogens is 430 g/mol. The predicted octanol–water partition coefficient (Wildman–Crippen LogP) is 4.48. The van der Waals surface area contributed by atoms with Gasteiger partial charge >= 0.3 is 0 Å². The van der Waals surface area contributed by atoms with Gasteiger partial charge < -0.3 is 10.2 Å². The summed E-state index contributed by atoms with van der Waals surface area (Å²) in [5.74, 6) is -0.304. The van der Waals surface area contributed by atoms with Crippen LogP contribution in [-0.4, -0.2) is 33.7 Å². The molecule has 0 saturated heterocycles. The third-order valence-electron chi connectivity index (χ3n) is 4.84. The molecule has 1 aliphatic heterocycles. The van der Waals surface area contributed by atoms with Crippen molar-refractivity contribution in [1.29, 1.82) is 0 Å². The normalized spacial score (nSPS) is 12.6. The van der Waals surface area contributed by atoms with Crippen LogP contribution in [0.15, 0.2) is 82.6 Å². The number of rotatable bonds is 7. The number of fused-ring (bicyclic) bond motifs is 2. The Bertz CT molecular complexity index is 1170. The fourth-order valence-corrected chi connectivity index (χ4v) is 5.20. The van der Waals surface area contributed by atoms with E-state index in [1.165, 1.54) is 21.2 Å². The van der Waals surface area contributed by atoms with E-state index in [2.05, 4.69) is 39.2 Å². The van der Waals surface area contributed by atoms with Gasteiger partial charge in [0.15, 0.2) is 0 Å². The molecule has 0 aromatic heterocycles. The van der Waals surface area contributed by atoms with Gasteiger partial charge in [0.2, 0.25) is 10.0 Å². The molecule has 3 aromatic carbocycles. The number of hydrogen-bond donors (Lipinski definition) is 2. The number of benzene rings is 3. The van der Waals surface area contributed by atoms with Crippen molar-refractivity contribution in [3.8, 4) is 0 Å². The minimum Gasteiger partial charge on any atom is -0.352 e. The van der Waals surface area contributed by atoms with Crippen LogP contribution in [0.25, 0.3) is 0 Å². The number of amides is 1. The van der Waals surface area contributed by atoms with E-state index >= 15 is 0 Å². The summed E-state index contributed by atoms with van der Waals surface area (Å²) in [6, 6.07) is 23.2. The Morgan fingerprint density at radius 1 is 0.903 bits per heavy atom. The molecule has 31 heavy (non-hydrogen) atoms. The third kappa shape index (κ3) is 5.03. The summed E-state index contributed by atoms with van der Waals surface area (Å²) in [6.45, 7) is 1.22. The first-order valence-electron chi connectivity index (χ1n) is 9.91. The van der Waals surface area contributed by atoms with Gasteiger partial charge in [-0.15, -0.1) is 0 Å². The molecule has 1 aliphatic rings. The molecule has 160 valence electrons. The Hall–Kier alpha value is -2.97. The van der Waals surface area contributed by atoms with Crippen LogP contribution in [0, 0.1) is 0 Å². The van der Waals surface area contributed by atoms with E-state index in [4.69, 9.17) is 0 Å². The fraction of sp³-hybridized carbons (Fsp3) is 0.174. The van der Waals surface area contributed by atoms with E-state index in [0.29, 0.717) is 12.1 Å². The highest BCUT2D eigenvalue weighted by Crippen LogP contribution is 2.47. The Morgan fingerprint density at radius 3 is 2.13 bits per heavy atom. The molecule has 3 aromatic rings. The number of nitrogens with zero attached hydrogens (tertiary/aromatic N) is 1. The number of anilines is 3. The number of nitrogens with one attached hydrogen (secondary N) is 2. The van der Waals surface area contributed by atoms with Crippen LogP contribution in [0.4, 0.5) is 17.1 Å². The topological polar surface area (TPSA) is 78.5 Å². The summed E-state index contributed by atoms with van der Waals surface area (Å²) in [6.07, 6.45) is 1.80. The lowest BCUT2D eigenvalue weighted by Gasteiger charge is -2.32. The van der Waals surface area contributed by atoms with Crippen molar-refractivity contribution in [3.63, 3.8) is 0 Å². The van der Waals surface area contributed by atoms with Gasteiger partial charge in [-0.1, -0.05) is 48.2 Å². The van der Waals surface area contributed by atoms with Crippen molar-refractivity contribution in [1.82, 2.24) is 5.32 Å². The smallest absolute Gasteiger partial charge is 0.253 e. The largest absolute Gasteiger partial charge is 0.352 e. The Kier molecular flexibility index (Phi) is 6.20. The second-order valence-electron chi connectivity index (χ2n) is 7.22. The van der Waals surface area contributed by atoms with Gasteiger partial charge in [-0.3, -0.25) is 9.52 Å². The molecule has 1 amide bonds. The molecule has 6 nitrogen and oxygen atoms in total. The van der Waals surface area contributed by atoms with Gasteiger partial charge in [0, 0.05) is 22.9 Å². The Morgan fingerprint density at radius 2 is 1.48 bits per heavy atom. The fourth-order valence-electron chi connectivity index (χ4n) is 3.53. The summed E-state index contributed by atoms with van der Waals surface area (Å²) in [5.41, 5.74) is 2.91. The van der Waals surface area contributed by atoms with Crippen LogP contribution in [0.1, 0.15) is 16.8 Å². The van der Waals surface area contributed by atoms with Crippen LogP contribution in [-0.2, 0) is 10.0 Å². The van der Waals surface area contributed by atoms with E-state index < -0.39 is 10.0 Å². The van der Waals surface area contributed by atoms with Gasteiger partial charge in [-0.2, -0.15) is 0 Å². The molecule has 1 heterocycles. The zero-order valence-corrected chi connectivity index (χ0v) is 18.7. The molecule has 0 bridgehead atoms. The van der Waals surface area contributed by atoms with E-state index in [0.717, 1.165) is 19.2 Å². The Balaban J connectivity index is 1.42. The lowest BCUT2D eigenvalue weighted by Crippen LogP contribution is -2.29. The van der Waals surface area contributed by atoms with E-state index in [-0.39, 0.29) is 11.6 Å². The predicted molar refractivity (Wildman–Crippen MR) is 126 cm³/mol. The lowest BCUT2D eigenvalue weighted by molar-refractivity contribution is 0.0954. The summed E-state index contributed by atoms with van der Waals surface area (Å²) in [5, 5.41) is 2.91. The maximum Gasteiger partial charge on any atom is 0.253 e. The zero-order valence-electron chi connectivity index (χ0n) is 17.0. The number of hydrogen-bond acceptors (Lipinski definition) is 5. The first kappa shape index (κ1) is 21.3. The summed E-state index contributed by atoms with van der Waals surface area (Å²) >= 11 is 1.77. The zero-order chi connectivity index (χ0) is 21.8. The molecule has 0 unspecified atom stereocenters. The maximum atomic E-state index is 12.6. The summed E-state index contributed by atoms with van der Waals surface area (Å²) in [4.78, 5) is 17.3. The van der Waals surface area contributed by atoms with E-state index in [1.54, 1.807) is 36.0 Å². The lowest BCUT2D eigenvalue weighted by atomic mass is 10.1. The second kappa shape index (κ2) is 9.03. The van der Waals surface area contributed by atoms with Gasteiger partial charge in [0.1, 0.15) is 0 Å². The minimum atomic E-state index is -3.47. The van der Waals surface area contributed by atoms with Crippen LogP contribution < -0.4 is 14.9 Å². The molecule has 0 atom stereocenters. The number of carbonyl (C=O) groups is 1. The van der Waals surface area contributed by atoms with Crippen molar-refractivity contribution in [2.45, 2.75) is 16.2 Å². The number of carbonyl (C=O) groups excluding carboxylic acids is 1. The first-order valence-corrected chi connectivity index (χ1v) is 12.6. The molecule has 8 heteroatoms. The maximum absolute atomic E-state index is 12.6. The highest BCUT2D eigenvalue weighted by Gasteiger charge is 2.22. The second-order valence-corrected chi connectivity index (χ2v) is 10.1. The third-order valence-corrected chi connectivity index (χ3v) is 6.56. The average Bonchev–Trinajstić information content (AvgIpc) is 2.75. The van der Waals surface area contributed by atoms with Crippen molar-refractivity contribution in [2.24, 2.45) is 0 Å². The molecule has 0 radical (unpaired) electrons. The molecular formula is C23H23N3O3S2. The molecule has 4 rings (SSSR count). The minimum absolute atomic E-state index is 0.276. The molecule has 0 spiro atoms. The SMILES string of the molecule is CS(=O)(=O)Nc1ccccc1C(=O)NCCCN1c2ccccc2Sc2ccccc21. The van der Waals surface area contributed by atoms with Crippen molar-refractivity contribution >= 4 is 44.8 Å². The summed E-state index contributed by atoms with van der Waals surface area (Å²) in [7, 11) is -3.47. The molecule has 0 saturated carbocycles. The van der Waals surface area contributed by atoms with E-state index in [9.17, 15) is 13.2 Å². The summed E-state index contributed by atoms with van der Waals surface area (Å²) < 4.78 is 25.5. The average molecular weight is 454 g/mol. The van der Waals surface area contributed by atoms with Crippen LogP contribution in [0.5, 0.6) is 0 Å². The van der Waals surface area contributed by atoms with Crippen LogP contribution >= 0.6 is 11.8 Å². The number of para-hydroxylation sites is 3. The highest BCUT2D eigenvalue weighted by atomic mass is 32.2. The van der Waals surface area contributed by atoms with Crippen molar-refractivity contribution in [3.05, 3.63) is 78.4 Å². The van der Waals surface area contributed by atoms with Crippen LogP contribution in [0.2, 0.25) is 0 Å². The van der Waals surface area contributed by atoms with Crippen molar-refractivity contribution in [2.75, 3.05) is 29.0 Å². The first-order chi connectivity index (χ1) is 14.9. The van der Waals surface area contributed by atoms with Crippen molar-refractivity contribution < 1.29 is 13.2 Å². The Labute approximate surface area is 186 Å². The standard InChI is InChI=1S/C23H23N3O3S2/c1-31(28,29)25-18-10-3-2-9-17(18)23(27)24-15-8-16-26-19-11-4-6-13-21(19)30-22-14-7-5-12-20(22)26/h2-7,9-14,25H,8,15-16H2,1H3,(H,24,27). The van der Waals surface area contributed by atoms with Gasteiger partial charge in [-0.05, 0) is 42.8 Å². The van der Waals surface area contributed by atoms with Gasteiger partial charge in [0.25, 0.3) is 5.91 Å². The molecule has 0 aliphatic carbocycles.